The number of hydrogen-bond donors (Lipinski definition) is 1. The molecular formula is C16H18F2N4O2. The number of morpholine rings is 1. The van der Waals surface area contributed by atoms with E-state index in [0.717, 1.165) is 30.5 Å². The van der Waals surface area contributed by atoms with Crippen molar-refractivity contribution in [3.63, 3.8) is 0 Å². The number of amides is 1. The molecule has 1 aromatic heterocycles. The van der Waals surface area contributed by atoms with Crippen LogP contribution < -0.4 is 10.2 Å². The van der Waals surface area contributed by atoms with Crippen LogP contribution in [0.5, 0.6) is 0 Å². The Hall–Kier alpha value is -2.48. The van der Waals surface area contributed by atoms with E-state index in [-0.39, 0.29) is 5.69 Å². The van der Waals surface area contributed by atoms with Crippen LogP contribution >= 0.6 is 0 Å². The Morgan fingerprint density at radius 3 is 2.79 bits per heavy atom. The lowest BCUT2D eigenvalue weighted by atomic mass is 10.1. The summed E-state index contributed by atoms with van der Waals surface area (Å²) in [5, 5.41) is 6.24. The summed E-state index contributed by atoms with van der Waals surface area (Å²) in [4.78, 5) is 14.2. The molecule has 6 nitrogen and oxygen atoms in total. The molecule has 1 N–H and O–H groups in total. The molecule has 3 rings (SSSR count). The van der Waals surface area contributed by atoms with Crippen molar-refractivity contribution in [2.24, 2.45) is 0 Å². The van der Waals surface area contributed by atoms with Gasteiger partial charge in [0.1, 0.15) is 5.69 Å². The van der Waals surface area contributed by atoms with E-state index < -0.39 is 12.5 Å². The second-order valence-corrected chi connectivity index (χ2v) is 5.41. The van der Waals surface area contributed by atoms with Gasteiger partial charge in [-0.3, -0.25) is 4.79 Å². The molecule has 0 unspecified atom stereocenters. The third-order valence-electron chi connectivity index (χ3n) is 3.78. The van der Waals surface area contributed by atoms with Crippen molar-refractivity contribution in [1.29, 1.82) is 0 Å². The highest BCUT2D eigenvalue weighted by atomic mass is 19.3. The maximum Gasteiger partial charge on any atom is 0.333 e. The number of ether oxygens (including phenoxy) is 1. The van der Waals surface area contributed by atoms with E-state index in [0.29, 0.717) is 24.4 Å². The summed E-state index contributed by atoms with van der Waals surface area (Å²) >= 11 is 0. The third-order valence-corrected chi connectivity index (χ3v) is 3.78. The van der Waals surface area contributed by atoms with Gasteiger partial charge in [0.15, 0.2) is 0 Å². The van der Waals surface area contributed by atoms with Crippen LogP contribution in [0, 0.1) is 0 Å². The average molecular weight is 336 g/mol. The maximum atomic E-state index is 12.5. The molecule has 1 fully saturated rings. The molecule has 2 heterocycles. The summed E-state index contributed by atoms with van der Waals surface area (Å²) in [6.45, 7) is 0.624. The third kappa shape index (κ3) is 3.88. The normalized spacial score (nSPS) is 14.9. The fourth-order valence-corrected chi connectivity index (χ4v) is 2.53. The number of hydrogen-bond acceptors (Lipinski definition) is 4. The fourth-order valence-electron chi connectivity index (χ4n) is 2.53. The topological polar surface area (TPSA) is 59.4 Å². The lowest BCUT2D eigenvalue weighted by Gasteiger charge is -2.29. The van der Waals surface area contributed by atoms with Crippen LogP contribution in [-0.2, 0) is 11.3 Å². The first-order valence-electron chi connectivity index (χ1n) is 7.66. The predicted octanol–water partition coefficient (Wildman–Crippen LogP) is 2.04. The number of carbonyl (C=O) groups is 1. The van der Waals surface area contributed by atoms with Crippen LogP contribution in [0.25, 0.3) is 0 Å². The summed E-state index contributed by atoms with van der Waals surface area (Å²) in [5.41, 5.74) is 1.98. The highest BCUT2D eigenvalue weighted by Crippen LogP contribution is 2.17. The molecule has 0 bridgehead atoms. The Labute approximate surface area is 138 Å². The Balaban J connectivity index is 1.60. The molecule has 0 aliphatic carbocycles. The Morgan fingerprint density at radius 1 is 1.29 bits per heavy atom. The molecule has 24 heavy (non-hydrogen) atoms. The number of alkyl halides is 2. The summed E-state index contributed by atoms with van der Waals surface area (Å²) in [6, 6.07) is 9.12. The van der Waals surface area contributed by atoms with Crippen molar-refractivity contribution in [2.75, 3.05) is 31.2 Å². The second kappa shape index (κ2) is 7.39. The molecule has 0 radical (unpaired) electrons. The fraction of sp³-hybridized carbons (Fsp3) is 0.375. The van der Waals surface area contributed by atoms with E-state index >= 15 is 0 Å². The van der Waals surface area contributed by atoms with Crippen LogP contribution in [0.3, 0.4) is 0 Å². The van der Waals surface area contributed by atoms with Crippen molar-refractivity contribution < 1.29 is 18.3 Å². The van der Waals surface area contributed by atoms with Crippen LogP contribution in [-0.4, -0.2) is 42.0 Å². The van der Waals surface area contributed by atoms with Gasteiger partial charge in [-0.15, -0.1) is 0 Å². The van der Waals surface area contributed by atoms with Gasteiger partial charge in [-0.25, -0.2) is 4.68 Å². The molecule has 1 aliphatic rings. The average Bonchev–Trinajstić information content (AvgIpc) is 3.11. The predicted molar refractivity (Wildman–Crippen MR) is 84.1 cm³/mol. The summed E-state index contributed by atoms with van der Waals surface area (Å²) in [5.74, 6) is -0.480. The number of anilines is 1. The Morgan fingerprint density at radius 2 is 2.08 bits per heavy atom. The summed E-state index contributed by atoms with van der Waals surface area (Å²) < 4.78 is 30.7. The number of benzene rings is 1. The van der Waals surface area contributed by atoms with Crippen molar-refractivity contribution in [3.8, 4) is 0 Å². The molecule has 0 saturated carbocycles. The van der Waals surface area contributed by atoms with Gasteiger partial charge in [0.05, 0.1) is 13.2 Å². The van der Waals surface area contributed by atoms with Gasteiger partial charge < -0.3 is 15.0 Å². The first kappa shape index (κ1) is 16.4. The summed E-state index contributed by atoms with van der Waals surface area (Å²) in [6.07, 6.45) is 1.08. The van der Waals surface area contributed by atoms with Crippen molar-refractivity contribution in [1.82, 2.24) is 15.1 Å². The maximum absolute atomic E-state index is 12.5. The number of aromatic nitrogens is 2. The molecular weight excluding hydrogens is 318 g/mol. The molecule has 1 amide bonds. The van der Waals surface area contributed by atoms with Gasteiger partial charge in [0.2, 0.25) is 0 Å². The quantitative estimate of drug-likeness (QED) is 0.908. The van der Waals surface area contributed by atoms with E-state index in [9.17, 15) is 13.6 Å². The van der Waals surface area contributed by atoms with Gasteiger partial charge in [-0.2, -0.15) is 13.9 Å². The molecule has 0 spiro atoms. The van der Waals surface area contributed by atoms with Gasteiger partial charge in [0, 0.05) is 31.5 Å². The minimum Gasteiger partial charge on any atom is -0.378 e. The summed E-state index contributed by atoms with van der Waals surface area (Å²) in [7, 11) is 0. The number of carbonyl (C=O) groups excluding carboxylic acids is 1. The Kier molecular flexibility index (Phi) is 5.05. The van der Waals surface area contributed by atoms with Crippen LogP contribution in [0.15, 0.2) is 36.5 Å². The monoisotopic (exact) mass is 336 g/mol. The smallest absolute Gasteiger partial charge is 0.333 e. The van der Waals surface area contributed by atoms with E-state index in [1.807, 2.05) is 24.3 Å². The van der Waals surface area contributed by atoms with Gasteiger partial charge in [0.25, 0.3) is 5.91 Å². The zero-order valence-corrected chi connectivity index (χ0v) is 13.0. The SMILES string of the molecule is O=C(NCc1cccc(N2CCOCC2)c1)c1ccn(C(F)F)n1. The molecule has 1 aliphatic heterocycles. The first-order chi connectivity index (χ1) is 11.6. The lowest BCUT2D eigenvalue weighted by Crippen LogP contribution is -2.36. The molecule has 128 valence electrons. The highest BCUT2D eigenvalue weighted by molar-refractivity contribution is 5.92. The van der Waals surface area contributed by atoms with Gasteiger partial charge >= 0.3 is 6.55 Å². The lowest BCUT2D eigenvalue weighted by molar-refractivity contribution is 0.0560. The number of nitrogens with zero attached hydrogens (tertiary/aromatic N) is 3. The zero-order chi connectivity index (χ0) is 16.9. The highest BCUT2D eigenvalue weighted by Gasteiger charge is 2.14. The Bertz CT molecular complexity index is 699. The minimum atomic E-state index is -2.75. The van der Waals surface area contributed by atoms with Crippen molar-refractivity contribution >= 4 is 11.6 Å². The van der Waals surface area contributed by atoms with E-state index in [1.165, 1.54) is 6.07 Å². The molecule has 2 aromatic rings. The number of rotatable bonds is 5. The zero-order valence-electron chi connectivity index (χ0n) is 13.0. The standard InChI is InChI=1S/C16H18F2N4O2/c17-16(18)22-5-4-14(20-22)15(23)19-11-12-2-1-3-13(10-12)21-6-8-24-9-7-21/h1-5,10,16H,6-9,11H2,(H,19,23). The molecule has 1 saturated heterocycles. The number of halogens is 2. The minimum absolute atomic E-state index is 0.0281. The molecule has 1 aromatic carbocycles. The number of nitrogens with one attached hydrogen (secondary N) is 1. The molecule has 0 atom stereocenters. The largest absolute Gasteiger partial charge is 0.378 e. The van der Waals surface area contributed by atoms with Gasteiger partial charge in [-0.1, -0.05) is 12.1 Å². The van der Waals surface area contributed by atoms with Gasteiger partial charge in [-0.05, 0) is 23.8 Å². The first-order valence-corrected chi connectivity index (χ1v) is 7.66. The van der Waals surface area contributed by atoms with E-state index in [1.54, 1.807) is 0 Å². The van der Waals surface area contributed by atoms with E-state index in [4.69, 9.17) is 4.74 Å². The van der Waals surface area contributed by atoms with Crippen LogP contribution in [0.1, 0.15) is 22.6 Å². The van der Waals surface area contributed by atoms with Crippen molar-refractivity contribution in [3.05, 3.63) is 47.8 Å². The van der Waals surface area contributed by atoms with Crippen molar-refractivity contribution in [2.45, 2.75) is 13.1 Å². The van der Waals surface area contributed by atoms with Crippen LogP contribution in [0.2, 0.25) is 0 Å². The second-order valence-electron chi connectivity index (χ2n) is 5.41. The van der Waals surface area contributed by atoms with Crippen LogP contribution in [0.4, 0.5) is 14.5 Å². The van der Waals surface area contributed by atoms with E-state index in [2.05, 4.69) is 15.3 Å². The molecule has 8 heteroatoms.